The van der Waals surface area contributed by atoms with Gasteiger partial charge < -0.3 is 19.5 Å². The fourth-order valence-corrected chi connectivity index (χ4v) is 5.32. The highest BCUT2D eigenvalue weighted by Crippen LogP contribution is 2.39. The summed E-state index contributed by atoms with van der Waals surface area (Å²) in [6.45, 7) is 1.84. The van der Waals surface area contributed by atoms with Gasteiger partial charge in [0.15, 0.2) is 0 Å². The van der Waals surface area contributed by atoms with Gasteiger partial charge in [0.05, 0.1) is 6.10 Å². The number of aromatic nitrogens is 1. The maximum absolute atomic E-state index is 12.8. The van der Waals surface area contributed by atoms with Crippen molar-refractivity contribution in [3.8, 4) is 0 Å². The van der Waals surface area contributed by atoms with Crippen LogP contribution in [0.1, 0.15) is 31.2 Å². The van der Waals surface area contributed by atoms with Crippen LogP contribution in [0.4, 0.5) is 0 Å². The van der Waals surface area contributed by atoms with Gasteiger partial charge in [0.1, 0.15) is 0 Å². The van der Waals surface area contributed by atoms with Gasteiger partial charge in [0, 0.05) is 49.8 Å². The normalized spacial score (nSPS) is 27.5. The average molecular weight is 384 g/mol. The molecule has 152 valence electrons. The first-order valence-corrected chi connectivity index (χ1v) is 10.6. The van der Waals surface area contributed by atoms with E-state index in [1.807, 2.05) is 13.2 Å². The second-order valence-electron chi connectivity index (χ2n) is 8.81. The van der Waals surface area contributed by atoms with Crippen molar-refractivity contribution in [1.29, 1.82) is 0 Å². The summed E-state index contributed by atoms with van der Waals surface area (Å²) in [5, 5.41) is 1.28. The van der Waals surface area contributed by atoms with Crippen LogP contribution in [0.5, 0.6) is 0 Å². The number of amides is 1. The molecule has 1 saturated heterocycles. The Labute approximate surface area is 168 Å². The summed E-state index contributed by atoms with van der Waals surface area (Å²) in [7, 11) is 6.10. The third kappa shape index (κ3) is 3.83. The predicted molar refractivity (Wildman–Crippen MR) is 112 cm³/mol. The highest BCUT2D eigenvalue weighted by atomic mass is 16.5. The van der Waals surface area contributed by atoms with E-state index in [1.165, 1.54) is 16.5 Å². The Morgan fingerprint density at radius 3 is 2.71 bits per heavy atom. The SMILES string of the molecule is CO[C@@H]1C[C@H]2CN(C(=O)CCCc3c[nH]c4ccccc34)C[C@H]2C[C@H]1N(C)C. The van der Waals surface area contributed by atoms with E-state index < -0.39 is 0 Å². The Hall–Kier alpha value is -1.85. The zero-order valence-corrected chi connectivity index (χ0v) is 17.4. The molecular formula is C23H33N3O2. The van der Waals surface area contributed by atoms with E-state index >= 15 is 0 Å². The molecule has 1 aliphatic carbocycles. The van der Waals surface area contributed by atoms with Gasteiger partial charge in [-0.15, -0.1) is 0 Å². The number of likely N-dealkylation sites (tertiary alicyclic amines) is 1. The first-order valence-electron chi connectivity index (χ1n) is 10.6. The number of benzene rings is 1. The smallest absolute Gasteiger partial charge is 0.222 e. The second-order valence-corrected chi connectivity index (χ2v) is 8.81. The van der Waals surface area contributed by atoms with Gasteiger partial charge >= 0.3 is 0 Å². The number of aryl methyl sites for hydroxylation is 1. The Morgan fingerprint density at radius 1 is 1.21 bits per heavy atom. The third-order valence-corrected chi connectivity index (χ3v) is 6.92. The number of hydrogen-bond donors (Lipinski definition) is 1. The number of methoxy groups -OCH3 is 1. The topological polar surface area (TPSA) is 48.6 Å². The number of nitrogens with one attached hydrogen (secondary N) is 1. The molecule has 1 aliphatic heterocycles. The van der Waals surface area contributed by atoms with Gasteiger partial charge in [-0.2, -0.15) is 0 Å². The summed E-state index contributed by atoms with van der Waals surface area (Å²) in [6, 6.07) is 8.84. The molecule has 0 radical (unpaired) electrons. The van der Waals surface area contributed by atoms with E-state index in [2.05, 4.69) is 53.3 Å². The molecule has 1 aromatic carbocycles. The van der Waals surface area contributed by atoms with Crippen LogP contribution < -0.4 is 0 Å². The molecule has 0 bridgehead atoms. The minimum absolute atomic E-state index is 0.285. The molecule has 1 aromatic heterocycles. The van der Waals surface area contributed by atoms with Crippen LogP contribution in [-0.4, -0.2) is 67.1 Å². The van der Waals surface area contributed by atoms with Gasteiger partial charge in [-0.3, -0.25) is 4.79 Å². The Kier molecular flexibility index (Phi) is 5.74. The first kappa shape index (κ1) is 19.5. The van der Waals surface area contributed by atoms with Crippen LogP contribution in [0.2, 0.25) is 0 Å². The maximum Gasteiger partial charge on any atom is 0.222 e. The van der Waals surface area contributed by atoms with Gasteiger partial charge in [-0.05, 0) is 63.2 Å². The van der Waals surface area contributed by atoms with Gasteiger partial charge in [0.2, 0.25) is 5.91 Å². The summed E-state index contributed by atoms with van der Waals surface area (Å²) in [6.07, 6.45) is 7.08. The highest BCUT2D eigenvalue weighted by molar-refractivity contribution is 5.83. The monoisotopic (exact) mass is 383 g/mol. The predicted octanol–water partition coefficient (Wildman–Crippen LogP) is 3.30. The number of para-hydroxylation sites is 1. The van der Waals surface area contributed by atoms with Crippen LogP contribution in [-0.2, 0) is 16.0 Å². The van der Waals surface area contributed by atoms with Crippen molar-refractivity contribution in [1.82, 2.24) is 14.8 Å². The lowest BCUT2D eigenvalue weighted by Crippen LogP contribution is -2.47. The van der Waals surface area contributed by atoms with Gasteiger partial charge in [0.25, 0.3) is 0 Å². The zero-order chi connectivity index (χ0) is 19.7. The fourth-order valence-electron chi connectivity index (χ4n) is 5.32. The molecule has 1 N–H and O–H groups in total. The summed E-state index contributed by atoms with van der Waals surface area (Å²) < 4.78 is 5.76. The lowest BCUT2D eigenvalue weighted by atomic mass is 9.77. The minimum atomic E-state index is 0.285. The summed E-state index contributed by atoms with van der Waals surface area (Å²) in [5.41, 5.74) is 2.49. The molecular weight excluding hydrogens is 350 g/mol. The molecule has 2 aromatic rings. The Morgan fingerprint density at radius 2 is 1.96 bits per heavy atom. The molecule has 2 aliphatic rings. The lowest BCUT2D eigenvalue weighted by molar-refractivity contribution is -0.130. The van der Waals surface area contributed by atoms with E-state index in [1.54, 1.807) is 0 Å². The number of fused-ring (bicyclic) bond motifs is 2. The molecule has 4 rings (SSSR count). The quantitative estimate of drug-likeness (QED) is 0.833. The average Bonchev–Trinajstić information content (AvgIpc) is 3.30. The number of carbonyl (C=O) groups is 1. The third-order valence-electron chi connectivity index (χ3n) is 6.92. The molecule has 0 spiro atoms. The van der Waals surface area contributed by atoms with Crippen molar-refractivity contribution in [3.05, 3.63) is 36.0 Å². The molecule has 1 saturated carbocycles. The van der Waals surface area contributed by atoms with Crippen molar-refractivity contribution >= 4 is 16.8 Å². The molecule has 5 heteroatoms. The molecule has 5 nitrogen and oxygen atoms in total. The van der Waals surface area contributed by atoms with Gasteiger partial charge in [-0.1, -0.05) is 18.2 Å². The van der Waals surface area contributed by atoms with Crippen molar-refractivity contribution in [2.75, 3.05) is 34.3 Å². The zero-order valence-electron chi connectivity index (χ0n) is 17.4. The van der Waals surface area contributed by atoms with E-state index in [0.29, 0.717) is 30.2 Å². The number of likely N-dealkylation sites (N-methyl/N-ethyl adjacent to an activating group) is 1. The van der Waals surface area contributed by atoms with E-state index in [-0.39, 0.29) is 6.10 Å². The largest absolute Gasteiger partial charge is 0.380 e. The van der Waals surface area contributed by atoms with Crippen LogP contribution in [0.25, 0.3) is 10.9 Å². The Balaban J connectivity index is 1.30. The van der Waals surface area contributed by atoms with Crippen molar-refractivity contribution in [3.63, 3.8) is 0 Å². The number of aromatic amines is 1. The Bertz CT molecular complexity index is 815. The summed E-state index contributed by atoms with van der Waals surface area (Å²) >= 11 is 0. The first-order chi connectivity index (χ1) is 13.6. The number of hydrogen-bond acceptors (Lipinski definition) is 3. The highest BCUT2D eigenvalue weighted by Gasteiger charge is 2.43. The molecule has 0 unspecified atom stereocenters. The lowest BCUT2D eigenvalue weighted by Gasteiger charge is -2.40. The van der Waals surface area contributed by atoms with Crippen LogP contribution in [0.3, 0.4) is 0 Å². The summed E-state index contributed by atoms with van der Waals surface area (Å²) in [5.74, 6) is 1.54. The van der Waals surface area contributed by atoms with Crippen LogP contribution in [0, 0.1) is 11.8 Å². The number of carbonyl (C=O) groups excluding carboxylic acids is 1. The molecule has 4 atom stereocenters. The van der Waals surface area contributed by atoms with Crippen molar-refractivity contribution in [2.45, 2.75) is 44.2 Å². The fraction of sp³-hybridized carbons (Fsp3) is 0.609. The van der Waals surface area contributed by atoms with Crippen molar-refractivity contribution in [2.24, 2.45) is 11.8 Å². The number of nitrogens with zero attached hydrogens (tertiary/aromatic N) is 2. The maximum atomic E-state index is 12.8. The van der Waals surface area contributed by atoms with Crippen molar-refractivity contribution < 1.29 is 9.53 Å². The van der Waals surface area contributed by atoms with E-state index in [9.17, 15) is 4.79 Å². The van der Waals surface area contributed by atoms with E-state index in [4.69, 9.17) is 4.74 Å². The van der Waals surface area contributed by atoms with Crippen LogP contribution in [0.15, 0.2) is 30.5 Å². The van der Waals surface area contributed by atoms with Crippen LogP contribution >= 0.6 is 0 Å². The molecule has 2 fully saturated rings. The van der Waals surface area contributed by atoms with E-state index in [0.717, 1.165) is 38.8 Å². The molecule has 28 heavy (non-hydrogen) atoms. The van der Waals surface area contributed by atoms with Gasteiger partial charge in [-0.25, -0.2) is 0 Å². The number of rotatable bonds is 6. The summed E-state index contributed by atoms with van der Waals surface area (Å²) in [4.78, 5) is 20.6. The number of ether oxygens (including phenoxy) is 1. The minimum Gasteiger partial charge on any atom is -0.380 e. The standard InChI is InChI=1S/C23H33N3O2/c1-25(2)21-11-17-14-26(15-18(17)12-22(21)28-3)23(27)10-6-7-16-13-24-20-9-5-4-8-19(16)20/h4-5,8-9,13,17-18,21-22,24H,6-7,10-12,14-15H2,1-3H3/t17-,18+,21-,22-/m1/s1. The molecule has 2 heterocycles. The second kappa shape index (κ2) is 8.26. The number of H-pyrrole nitrogens is 1. The molecule has 1 amide bonds.